The molecular formula is C7H11NNa2O5. The number of aliphatic hydroxyl groups excluding tert-OH is 1. The maximum atomic E-state index is 10.1. The van der Waals surface area contributed by atoms with Gasteiger partial charge < -0.3 is 24.9 Å². The summed E-state index contributed by atoms with van der Waals surface area (Å²) in [6.45, 7) is -0.850. The van der Waals surface area contributed by atoms with Crippen LogP contribution in [0.4, 0.5) is 0 Å². The van der Waals surface area contributed by atoms with Crippen molar-refractivity contribution in [2.24, 2.45) is 0 Å². The van der Waals surface area contributed by atoms with Gasteiger partial charge in [0.1, 0.15) is 0 Å². The van der Waals surface area contributed by atoms with Gasteiger partial charge >= 0.3 is 59.1 Å². The summed E-state index contributed by atoms with van der Waals surface area (Å²) in [6, 6.07) is 0. The van der Waals surface area contributed by atoms with Crippen molar-refractivity contribution in [1.29, 1.82) is 0 Å². The summed E-state index contributed by atoms with van der Waals surface area (Å²) in [7, 11) is 0. The molecule has 0 saturated carbocycles. The summed E-state index contributed by atoms with van der Waals surface area (Å²) < 4.78 is 0. The smallest absolute Gasteiger partial charge is 0.549 e. The van der Waals surface area contributed by atoms with E-state index < -0.39 is 25.0 Å². The van der Waals surface area contributed by atoms with Gasteiger partial charge in [0, 0.05) is 26.2 Å². The van der Waals surface area contributed by atoms with Crippen molar-refractivity contribution < 1.29 is 84.0 Å². The number of carboxylic acids is 2. The molecule has 0 aliphatic carbocycles. The molecule has 0 atom stereocenters. The predicted molar refractivity (Wildman–Crippen MR) is 38.2 cm³/mol. The summed E-state index contributed by atoms with van der Waals surface area (Å²) in [5, 5.41) is 28.7. The molecule has 0 aromatic carbocycles. The molecule has 0 aromatic heterocycles. The van der Waals surface area contributed by atoms with Crippen molar-refractivity contribution >= 4 is 11.9 Å². The summed E-state index contributed by atoms with van der Waals surface area (Å²) in [5.41, 5.74) is 0. The third-order valence-electron chi connectivity index (χ3n) is 1.34. The van der Waals surface area contributed by atoms with Gasteiger partial charge in [0.05, 0.1) is 11.9 Å². The number of nitrogens with zero attached hydrogens (tertiary/aromatic N) is 1. The van der Waals surface area contributed by atoms with Crippen LogP contribution in [0.1, 0.15) is 6.42 Å². The molecule has 0 fully saturated rings. The molecular weight excluding hydrogens is 224 g/mol. The zero-order valence-electron chi connectivity index (χ0n) is 9.06. The molecule has 15 heavy (non-hydrogen) atoms. The fourth-order valence-electron chi connectivity index (χ4n) is 0.873. The minimum atomic E-state index is -1.35. The monoisotopic (exact) mass is 235 g/mol. The van der Waals surface area contributed by atoms with Crippen LogP contribution < -0.4 is 69.3 Å². The molecule has 6 nitrogen and oxygen atoms in total. The van der Waals surface area contributed by atoms with Crippen LogP contribution in [-0.2, 0) is 9.59 Å². The van der Waals surface area contributed by atoms with E-state index >= 15 is 0 Å². The first-order valence-electron chi connectivity index (χ1n) is 3.79. The van der Waals surface area contributed by atoms with Crippen LogP contribution in [0.5, 0.6) is 0 Å². The minimum Gasteiger partial charge on any atom is -0.549 e. The molecule has 0 spiro atoms. The Morgan fingerprint density at radius 2 is 1.47 bits per heavy atom. The Bertz CT molecular complexity index is 174. The van der Waals surface area contributed by atoms with Crippen LogP contribution >= 0.6 is 0 Å². The minimum absolute atomic E-state index is 0. The first-order valence-corrected chi connectivity index (χ1v) is 3.79. The fourth-order valence-corrected chi connectivity index (χ4v) is 0.873. The first kappa shape index (κ1) is 21.2. The second kappa shape index (κ2) is 12.9. The van der Waals surface area contributed by atoms with Gasteiger partial charge in [0.15, 0.2) is 0 Å². The van der Waals surface area contributed by atoms with Crippen LogP contribution in [0.2, 0.25) is 0 Å². The molecule has 8 heteroatoms. The van der Waals surface area contributed by atoms with Gasteiger partial charge in [-0.2, -0.15) is 0 Å². The van der Waals surface area contributed by atoms with E-state index in [4.69, 9.17) is 5.11 Å². The third-order valence-corrected chi connectivity index (χ3v) is 1.34. The molecule has 0 heterocycles. The van der Waals surface area contributed by atoms with Crippen LogP contribution in [0, 0.1) is 0 Å². The molecule has 0 radical (unpaired) electrons. The second-order valence-corrected chi connectivity index (χ2v) is 2.53. The van der Waals surface area contributed by atoms with Gasteiger partial charge in [0.2, 0.25) is 0 Å². The Hall–Kier alpha value is 0.860. The topological polar surface area (TPSA) is 104 Å². The maximum Gasteiger partial charge on any atom is 1.00 e. The average Bonchev–Trinajstić information content (AvgIpc) is 1.98. The molecule has 0 aliphatic rings. The van der Waals surface area contributed by atoms with Crippen molar-refractivity contribution in [1.82, 2.24) is 4.90 Å². The number of carboxylic acid groups (broad SMARTS) is 2. The van der Waals surface area contributed by atoms with Crippen molar-refractivity contribution in [3.8, 4) is 0 Å². The van der Waals surface area contributed by atoms with Gasteiger partial charge in [-0.1, -0.05) is 0 Å². The molecule has 0 aliphatic heterocycles. The number of rotatable bonds is 7. The van der Waals surface area contributed by atoms with Gasteiger partial charge in [-0.15, -0.1) is 0 Å². The third kappa shape index (κ3) is 14.9. The Morgan fingerprint density at radius 3 is 1.73 bits per heavy atom. The molecule has 0 saturated heterocycles. The fraction of sp³-hybridized carbons (Fsp3) is 0.714. The molecule has 0 unspecified atom stereocenters. The number of carbonyl (C=O) groups excluding carboxylic acids is 2. The Balaban J connectivity index is -0.000000720. The molecule has 0 amide bonds. The van der Waals surface area contributed by atoms with Crippen molar-refractivity contribution in [3.05, 3.63) is 0 Å². The summed E-state index contributed by atoms with van der Waals surface area (Å²) in [5.74, 6) is -2.70. The normalized spacial score (nSPS) is 8.93. The van der Waals surface area contributed by atoms with E-state index in [0.29, 0.717) is 6.42 Å². The van der Waals surface area contributed by atoms with Gasteiger partial charge in [-0.3, -0.25) is 4.90 Å². The largest absolute Gasteiger partial charge is 1.00 e. The van der Waals surface area contributed by atoms with E-state index in [9.17, 15) is 19.8 Å². The quantitative estimate of drug-likeness (QED) is 0.439. The van der Waals surface area contributed by atoms with E-state index in [1.165, 1.54) is 0 Å². The summed E-state index contributed by atoms with van der Waals surface area (Å²) in [4.78, 5) is 21.4. The zero-order chi connectivity index (χ0) is 10.3. The zero-order valence-corrected chi connectivity index (χ0v) is 13.1. The van der Waals surface area contributed by atoms with Crippen molar-refractivity contribution in [2.75, 3.05) is 26.2 Å². The van der Waals surface area contributed by atoms with Crippen LogP contribution in [0.15, 0.2) is 0 Å². The van der Waals surface area contributed by atoms with Crippen molar-refractivity contribution in [3.63, 3.8) is 0 Å². The van der Waals surface area contributed by atoms with E-state index in [2.05, 4.69) is 0 Å². The number of carbonyl (C=O) groups is 2. The second-order valence-electron chi connectivity index (χ2n) is 2.53. The molecule has 76 valence electrons. The number of hydrogen-bond acceptors (Lipinski definition) is 6. The Morgan fingerprint density at radius 1 is 1.07 bits per heavy atom. The molecule has 0 rings (SSSR count). The first-order chi connectivity index (χ1) is 6.06. The predicted octanol–water partition coefficient (Wildman–Crippen LogP) is -9.82. The van der Waals surface area contributed by atoms with E-state index in [1.54, 1.807) is 0 Å². The van der Waals surface area contributed by atoms with Crippen LogP contribution in [0.25, 0.3) is 0 Å². The number of aliphatic hydroxyl groups is 1. The maximum absolute atomic E-state index is 10.1. The number of hydrogen-bond donors (Lipinski definition) is 1. The molecule has 0 aromatic rings. The molecule has 0 bridgehead atoms. The standard InChI is InChI=1S/C7H13NO5.2Na/c9-3-1-2-8(4-6(10)11)5-7(12)13;;/h9H,1-5H2,(H,10,11)(H,12,13);;/q;2*+1/p-2. The van der Waals surface area contributed by atoms with E-state index in [0.717, 1.165) is 4.90 Å². The Kier molecular flexibility index (Phi) is 18.3. The van der Waals surface area contributed by atoms with Crippen LogP contribution in [0.3, 0.4) is 0 Å². The Labute approximate surface area is 132 Å². The summed E-state index contributed by atoms with van der Waals surface area (Å²) in [6.07, 6.45) is 0.320. The average molecular weight is 235 g/mol. The summed E-state index contributed by atoms with van der Waals surface area (Å²) >= 11 is 0. The van der Waals surface area contributed by atoms with Gasteiger partial charge in [-0.05, 0) is 6.42 Å². The van der Waals surface area contributed by atoms with Crippen LogP contribution in [-0.4, -0.2) is 48.2 Å². The van der Waals surface area contributed by atoms with Gasteiger partial charge in [-0.25, -0.2) is 0 Å². The number of aliphatic carboxylic acids is 2. The van der Waals surface area contributed by atoms with Crippen molar-refractivity contribution in [2.45, 2.75) is 6.42 Å². The van der Waals surface area contributed by atoms with E-state index in [1.807, 2.05) is 0 Å². The molecule has 1 N–H and O–H groups in total. The SMILES string of the molecule is O=C([O-])CN(CCCO)CC(=O)[O-].[Na+].[Na+]. The van der Waals surface area contributed by atoms with E-state index in [-0.39, 0.29) is 72.3 Å². The van der Waals surface area contributed by atoms with Gasteiger partial charge in [0.25, 0.3) is 0 Å².